The summed E-state index contributed by atoms with van der Waals surface area (Å²) in [6.45, 7) is 4.56. The van der Waals surface area contributed by atoms with Gasteiger partial charge in [0.1, 0.15) is 0 Å². The van der Waals surface area contributed by atoms with E-state index in [9.17, 15) is 0 Å². The third-order valence-electron chi connectivity index (χ3n) is 11.8. The third-order valence-corrected chi connectivity index (χ3v) is 25.2. The predicted octanol–water partition coefficient (Wildman–Crippen LogP) is 14.7. The molecule has 2 atom stereocenters. The van der Waals surface area contributed by atoms with E-state index in [0.29, 0.717) is 5.66 Å². The van der Waals surface area contributed by atoms with Gasteiger partial charge < -0.3 is 0 Å². The molecular weight excluding hydrogens is 1310 g/mol. The summed E-state index contributed by atoms with van der Waals surface area (Å²) < 4.78 is -0.940. The van der Waals surface area contributed by atoms with Crippen LogP contribution in [0.1, 0.15) is 52.4 Å². The van der Waals surface area contributed by atoms with E-state index in [4.69, 9.17) is 23.2 Å². The molecule has 0 fully saturated rings. The van der Waals surface area contributed by atoms with Crippen molar-refractivity contribution in [2.75, 3.05) is 6.16 Å². The summed E-state index contributed by atoms with van der Waals surface area (Å²) in [6.07, 6.45) is 8.24. The first-order chi connectivity index (χ1) is 32.5. The van der Waals surface area contributed by atoms with Crippen LogP contribution in [0.2, 0.25) is 0 Å². The summed E-state index contributed by atoms with van der Waals surface area (Å²) in [7, 11) is -2.62. The van der Waals surface area contributed by atoms with Crippen LogP contribution in [-0.4, -0.2) is 21.6 Å². The molecule has 0 aliphatic heterocycles. The number of hydrogen-bond donors (Lipinski definition) is 0. The molecule has 2 radical (unpaired) electrons. The van der Waals surface area contributed by atoms with Gasteiger partial charge in [0, 0.05) is 50.4 Å². The van der Waals surface area contributed by atoms with Crippen molar-refractivity contribution in [1.82, 2.24) is 0 Å². The number of rotatable bonds is 20. The van der Waals surface area contributed by atoms with Crippen LogP contribution in [0.25, 0.3) is 0 Å². The van der Waals surface area contributed by atoms with Crippen molar-refractivity contribution in [3.63, 3.8) is 0 Å². The molecule has 8 heteroatoms. The van der Waals surface area contributed by atoms with Gasteiger partial charge in [-0.3, -0.25) is 0 Å². The zero-order chi connectivity index (χ0) is 45.8. The quantitative estimate of drug-likeness (QED) is 0.0405. The van der Waals surface area contributed by atoms with Crippen molar-refractivity contribution < 1.29 is 44.8 Å². The molecule has 0 N–H and O–H groups in total. The molecule has 0 nitrogen and oxygen atoms in total. The van der Waals surface area contributed by atoms with Crippen LogP contribution >= 0.6 is 54.9 Å². The predicted molar refractivity (Wildman–Crippen MR) is 302 cm³/mol. The second kappa shape index (κ2) is 30.4. The Kier molecular flexibility index (Phi) is 25.3. The van der Waals surface area contributed by atoms with Crippen LogP contribution < -0.4 is 42.4 Å². The van der Waals surface area contributed by atoms with Gasteiger partial charge in [-0.1, -0.05) is 305 Å². The van der Waals surface area contributed by atoms with Gasteiger partial charge in [-0.25, -0.2) is 0 Å². The Morgan fingerprint density at radius 2 is 0.618 bits per heavy atom. The van der Waals surface area contributed by atoms with Gasteiger partial charge in [0.2, 0.25) is 0 Å². The minimum Gasteiger partial charge on any atom is -0.0951 e. The molecule has 0 saturated carbocycles. The topological polar surface area (TPSA) is 0 Å². The van der Waals surface area contributed by atoms with Gasteiger partial charge in [0.25, 0.3) is 0 Å². The summed E-state index contributed by atoms with van der Waals surface area (Å²) in [6, 6.07) is 87.8. The summed E-state index contributed by atoms with van der Waals surface area (Å²) in [5.74, 6) is 0. The van der Waals surface area contributed by atoms with E-state index in [1.807, 2.05) is 0 Å². The van der Waals surface area contributed by atoms with E-state index >= 15 is 0 Å². The largest absolute Gasteiger partial charge is 0.152 e. The van der Waals surface area contributed by atoms with E-state index < -0.39 is 35.8 Å². The standard InChI is InChI=1S/C30H30Cl2P2.C30H32P2.2Au/c1-2-3-24-29(33(25-16-8-4-9-17-25)26-18-10-5-11-19-26)30(31,32)34(27-20-12-6-13-21-27)28-22-14-7-15-23-28;1-2-3-16-30(32(28-21-12-6-13-22-28)29-23-14-7-15-24-29)25-31(26-17-8-4-9-18-26)27-19-10-5-11-20-27;;/h4-23,29H,2-3,24H2,1H3;4-15,17-24,30H,2-3,16,25H2,1H3;;. The van der Waals surface area contributed by atoms with Crippen LogP contribution in [-0.2, 0) is 44.8 Å². The van der Waals surface area contributed by atoms with E-state index in [1.54, 1.807) is 0 Å². The number of hydrogen-bond acceptors (Lipinski definition) is 0. The average molecular weight is 1370 g/mol. The molecule has 0 saturated heterocycles. The molecule has 0 aliphatic carbocycles. The molecule has 8 rings (SSSR count). The minimum absolute atomic E-state index is 0. The Morgan fingerprint density at radius 3 is 0.926 bits per heavy atom. The first kappa shape index (κ1) is 56.5. The van der Waals surface area contributed by atoms with Crippen LogP contribution in [0.5, 0.6) is 0 Å². The molecule has 0 amide bonds. The summed E-state index contributed by atoms with van der Waals surface area (Å²) >= 11 is 15.4. The maximum atomic E-state index is 7.68. The summed E-state index contributed by atoms with van der Waals surface area (Å²) in [5.41, 5.74) is 0.753. The average Bonchev–Trinajstić information content (AvgIpc) is 3.38. The van der Waals surface area contributed by atoms with E-state index in [0.717, 1.165) is 19.3 Å². The molecule has 8 aromatic rings. The smallest absolute Gasteiger partial charge is 0.0951 e. The molecule has 0 aliphatic rings. The Balaban J connectivity index is 0.000000247. The van der Waals surface area contributed by atoms with Crippen molar-refractivity contribution >= 4 is 97.3 Å². The summed E-state index contributed by atoms with van der Waals surface area (Å²) in [4.78, 5) is 0. The minimum atomic E-state index is -1.02. The molecule has 0 aromatic heterocycles. The SMILES string of the molecule is CCCCC(CP(c1ccccc1)c1ccccc1)P(c1ccccc1)c1ccccc1.CCCCC(P(c1ccccc1)c1ccccc1)C(Cl)(Cl)P(c1ccccc1)c1ccccc1.[Au].[Au]. The fraction of sp³-hybridized carbons (Fsp3) is 0.200. The first-order valence-electron chi connectivity index (χ1n) is 23.4. The molecule has 0 spiro atoms. The molecular formula is C60H62Au2Cl2P4. The van der Waals surface area contributed by atoms with Gasteiger partial charge >= 0.3 is 0 Å². The number of halogens is 2. The molecule has 358 valence electrons. The maximum Gasteiger partial charge on any atom is 0.152 e. The zero-order valence-corrected chi connectivity index (χ0v) is 48.3. The maximum absolute atomic E-state index is 7.68. The second-order valence-corrected chi connectivity index (χ2v) is 27.9. The fourth-order valence-corrected chi connectivity index (χ4v) is 22.5. The van der Waals surface area contributed by atoms with Crippen molar-refractivity contribution in [1.29, 1.82) is 0 Å². The van der Waals surface area contributed by atoms with E-state index in [-0.39, 0.29) is 50.4 Å². The van der Waals surface area contributed by atoms with Crippen LogP contribution in [0.4, 0.5) is 0 Å². The third kappa shape index (κ3) is 15.8. The van der Waals surface area contributed by atoms with Gasteiger partial charge in [-0.05, 0) is 98.8 Å². The van der Waals surface area contributed by atoms with E-state index in [1.165, 1.54) is 67.9 Å². The Morgan fingerprint density at radius 1 is 0.353 bits per heavy atom. The second-order valence-electron chi connectivity index (χ2n) is 16.4. The number of alkyl halides is 2. The Hall–Kier alpha value is -2.46. The molecule has 0 bridgehead atoms. The number of benzene rings is 8. The van der Waals surface area contributed by atoms with Crippen LogP contribution in [0.3, 0.4) is 0 Å². The zero-order valence-electron chi connectivity index (χ0n) is 38.8. The molecule has 2 unspecified atom stereocenters. The van der Waals surface area contributed by atoms with Crippen LogP contribution in [0, 0.1) is 0 Å². The molecule has 68 heavy (non-hydrogen) atoms. The van der Waals surface area contributed by atoms with E-state index in [2.05, 4.69) is 257 Å². The number of unbranched alkanes of at least 4 members (excludes halogenated alkanes) is 2. The monoisotopic (exact) mass is 1370 g/mol. The van der Waals surface area contributed by atoms with Gasteiger partial charge in [0.05, 0.1) is 0 Å². The van der Waals surface area contributed by atoms with Crippen molar-refractivity contribution in [3.8, 4) is 0 Å². The van der Waals surface area contributed by atoms with Gasteiger partial charge in [-0.2, -0.15) is 0 Å². The van der Waals surface area contributed by atoms with Crippen LogP contribution in [0.15, 0.2) is 243 Å². The Labute approximate surface area is 454 Å². The normalized spacial score (nSPS) is 12.1. The fourth-order valence-electron chi connectivity index (χ4n) is 8.61. The van der Waals surface area contributed by atoms with Gasteiger partial charge in [-0.15, -0.1) is 0 Å². The molecule has 8 aromatic carbocycles. The van der Waals surface area contributed by atoms with Crippen molar-refractivity contribution in [2.45, 2.75) is 67.8 Å². The van der Waals surface area contributed by atoms with Crippen molar-refractivity contribution in [3.05, 3.63) is 243 Å². The van der Waals surface area contributed by atoms with Crippen molar-refractivity contribution in [2.24, 2.45) is 0 Å². The first-order valence-corrected chi connectivity index (χ1v) is 29.9. The van der Waals surface area contributed by atoms with Gasteiger partial charge in [0.15, 0.2) is 4.07 Å². The Bertz CT molecular complexity index is 2370. The summed E-state index contributed by atoms with van der Waals surface area (Å²) in [5, 5.41) is 11.1. The molecule has 0 heterocycles.